The molecule has 10 heteroatoms. The number of aromatic nitrogens is 2. The maximum absolute atomic E-state index is 14.6. The van der Waals surface area contributed by atoms with Crippen LogP contribution in [-0.2, 0) is 4.74 Å². The summed E-state index contributed by atoms with van der Waals surface area (Å²) in [6.45, 7) is 1.18. The van der Waals surface area contributed by atoms with Crippen molar-refractivity contribution in [3.63, 3.8) is 0 Å². The Morgan fingerprint density at radius 3 is 2.77 bits per heavy atom. The van der Waals surface area contributed by atoms with E-state index < -0.39 is 11.7 Å². The molecule has 2 atom stereocenters. The molecule has 3 rings (SSSR count). The molecule has 2 aromatic rings. The Labute approximate surface area is 174 Å². The van der Waals surface area contributed by atoms with Crippen molar-refractivity contribution >= 4 is 29.0 Å². The van der Waals surface area contributed by atoms with E-state index in [1.807, 2.05) is 0 Å². The first kappa shape index (κ1) is 21.7. The van der Waals surface area contributed by atoms with Crippen molar-refractivity contribution in [2.24, 2.45) is 11.5 Å². The summed E-state index contributed by atoms with van der Waals surface area (Å²) in [5.74, 6) is -0.569. The van der Waals surface area contributed by atoms with Gasteiger partial charge in [0.2, 0.25) is 0 Å². The number of carbonyl (C=O) groups is 1. The normalized spacial score (nSPS) is 18.6. The Hall–Kier alpha value is -2.98. The fraction of sp³-hybridized carbons (Fsp3) is 0.450. The minimum atomic E-state index is -0.782. The van der Waals surface area contributed by atoms with Crippen LogP contribution in [0.3, 0.4) is 0 Å². The molecule has 2 aromatic heterocycles. The van der Waals surface area contributed by atoms with E-state index in [0.717, 1.165) is 31.7 Å². The molecule has 7 N–H and O–H groups in total. The quantitative estimate of drug-likeness (QED) is 0.391. The van der Waals surface area contributed by atoms with Gasteiger partial charge >= 0.3 is 0 Å². The first-order valence-corrected chi connectivity index (χ1v) is 9.96. The van der Waals surface area contributed by atoms with Gasteiger partial charge < -0.3 is 32.2 Å². The number of nitrogens with zero attached hydrogens (tertiary/aromatic N) is 2. The summed E-state index contributed by atoms with van der Waals surface area (Å²) in [5, 5.41) is 9.20. The highest BCUT2D eigenvalue weighted by Gasteiger charge is 2.24. The summed E-state index contributed by atoms with van der Waals surface area (Å²) in [7, 11) is 1.62. The van der Waals surface area contributed by atoms with Crippen LogP contribution in [-0.4, -0.2) is 48.2 Å². The van der Waals surface area contributed by atoms with E-state index in [-0.39, 0.29) is 29.3 Å². The van der Waals surface area contributed by atoms with Crippen LogP contribution in [0.25, 0.3) is 0 Å². The molecule has 0 aliphatic heterocycles. The van der Waals surface area contributed by atoms with Crippen LogP contribution in [0.2, 0.25) is 0 Å². The van der Waals surface area contributed by atoms with Crippen molar-refractivity contribution < 1.29 is 13.9 Å². The van der Waals surface area contributed by atoms with Crippen LogP contribution in [0, 0.1) is 5.82 Å². The molecule has 30 heavy (non-hydrogen) atoms. The Balaban J connectivity index is 1.79. The summed E-state index contributed by atoms with van der Waals surface area (Å²) in [6, 6.07) is 4.47. The van der Waals surface area contributed by atoms with Crippen LogP contribution in [0.4, 0.5) is 27.5 Å². The van der Waals surface area contributed by atoms with Gasteiger partial charge in [-0.3, -0.25) is 4.79 Å². The monoisotopic (exact) mass is 417 g/mol. The lowest BCUT2D eigenvalue weighted by molar-refractivity contribution is 0.100. The van der Waals surface area contributed by atoms with E-state index in [1.165, 1.54) is 0 Å². The van der Waals surface area contributed by atoms with Gasteiger partial charge in [-0.25, -0.2) is 14.4 Å². The van der Waals surface area contributed by atoms with Gasteiger partial charge in [0.1, 0.15) is 11.6 Å². The van der Waals surface area contributed by atoms with Crippen molar-refractivity contribution in [3.05, 3.63) is 35.8 Å². The number of nitrogens with one attached hydrogen (secondary N) is 3. The predicted octanol–water partition coefficient (Wildman–Crippen LogP) is 2.20. The summed E-state index contributed by atoms with van der Waals surface area (Å²) in [4.78, 5) is 20.4. The number of hydrogen-bond donors (Lipinski definition) is 5. The molecule has 0 radical (unpaired) electrons. The molecular weight excluding hydrogens is 389 g/mol. The second kappa shape index (κ2) is 10.2. The van der Waals surface area contributed by atoms with Gasteiger partial charge in [-0.2, -0.15) is 0 Å². The molecule has 2 unspecified atom stereocenters. The Morgan fingerprint density at radius 2 is 2.10 bits per heavy atom. The van der Waals surface area contributed by atoms with Crippen molar-refractivity contribution in [2.75, 3.05) is 36.2 Å². The van der Waals surface area contributed by atoms with Crippen molar-refractivity contribution in [2.45, 2.75) is 37.8 Å². The molecule has 1 aliphatic rings. The smallest absolute Gasteiger partial charge is 0.252 e. The second-order valence-corrected chi connectivity index (χ2v) is 7.26. The maximum atomic E-state index is 14.6. The minimum absolute atomic E-state index is 0.0376. The zero-order valence-corrected chi connectivity index (χ0v) is 17.0. The molecule has 0 aromatic carbocycles. The topological polar surface area (TPSA) is 140 Å². The van der Waals surface area contributed by atoms with Crippen molar-refractivity contribution in [1.29, 1.82) is 0 Å². The maximum Gasteiger partial charge on any atom is 0.252 e. The molecule has 2 heterocycles. The molecule has 1 fully saturated rings. The Bertz CT molecular complexity index is 863. The second-order valence-electron chi connectivity index (χ2n) is 7.26. The van der Waals surface area contributed by atoms with Gasteiger partial charge in [-0.1, -0.05) is 12.8 Å². The number of primary amides is 1. The first-order valence-electron chi connectivity index (χ1n) is 9.96. The largest absolute Gasteiger partial charge is 0.383 e. The molecule has 9 nitrogen and oxygen atoms in total. The van der Waals surface area contributed by atoms with E-state index in [9.17, 15) is 9.18 Å². The zero-order valence-electron chi connectivity index (χ0n) is 17.0. The SMILES string of the molecule is COCCNc1ccc(Nc2nc(NC3CCCCC3N)c(F)cc2C(N)=O)cn1. The number of rotatable bonds is 9. The molecule has 162 valence electrons. The molecule has 1 saturated carbocycles. The zero-order chi connectivity index (χ0) is 21.5. The highest BCUT2D eigenvalue weighted by atomic mass is 19.1. The van der Waals surface area contributed by atoms with Crippen LogP contribution in [0.5, 0.6) is 0 Å². The average molecular weight is 417 g/mol. The van der Waals surface area contributed by atoms with Crippen LogP contribution >= 0.6 is 0 Å². The van der Waals surface area contributed by atoms with Crippen LogP contribution < -0.4 is 27.4 Å². The van der Waals surface area contributed by atoms with E-state index in [1.54, 1.807) is 25.4 Å². The highest BCUT2D eigenvalue weighted by molar-refractivity contribution is 5.98. The lowest BCUT2D eigenvalue weighted by Gasteiger charge is -2.30. The Kier molecular flexibility index (Phi) is 7.36. The summed E-state index contributed by atoms with van der Waals surface area (Å²) >= 11 is 0. The standard InChI is InChI=1S/C20H28FN7O2/c1-30-9-8-24-17-7-6-12(11-25-17)26-19-13(18(23)29)10-14(21)20(28-19)27-16-5-3-2-4-15(16)22/h6-7,10-11,15-16H,2-5,8-9,22H2,1H3,(H2,23,29)(H,24,25)(H2,26,27,28). The van der Waals surface area contributed by atoms with Gasteiger partial charge in [-0.15, -0.1) is 0 Å². The molecule has 0 bridgehead atoms. The van der Waals surface area contributed by atoms with E-state index in [0.29, 0.717) is 24.7 Å². The lowest BCUT2D eigenvalue weighted by Crippen LogP contribution is -2.43. The number of ether oxygens (including phenoxy) is 1. The molecule has 1 aliphatic carbocycles. The third kappa shape index (κ3) is 5.55. The summed E-state index contributed by atoms with van der Waals surface area (Å²) in [5.41, 5.74) is 12.1. The van der Waals surface area contributed by atoms with Gasteiger partial charge in [0.25, 0.3) is 5.91 Å². The van der Waals surface area contributed by atoms with Crippen LogP contribution in [0.15, 0.2) is 24.4 Å². The fourth-order valence-electron chi connectivity index (χ4n) is 3.38. The van der Waals surface area contributed by atoms with Crippen molar-refractivity contribution in [3.8, 4) is 0 Å². The Morgan fingerprint density at radius 1 is 1.30 bits per heavy atom. The fourth-order valence-corrected chi connectivity index (χ4v) is 3.38. The van der Waals surface area contributed by atoms with Gasteiger partial charge in [0.15, 0.2) is 11.6 Å². The number of halogens is 1. The number of hydrogen-bond acceptors (Lipinski definition) is 8. The first-order chi connectivity index (χ1) is 14.5. The van der Waals surface area contributed by atoms with Crippen molar-refractivity contribution in [1.82, 2.24) is 9.97 Å². The van der Waals surface area contributed by atoms with Gasteiger partial charge in [-0.05, 0) is 31.0 Å². The van der Waals surface area contributed by atoms with Gasteiger partial charge in [0, 0.05) is 25.7 Å². The number of amides is 1. The third-order valence-corrected chi connectivity index (χ3v) is 5.02. The minimum Gasteiger partial charge on any atom is -0.383 e. The lowest BCUT2D eigenvalue weighted by atomic mass is 9.91. The molecule has 0 spiro atoms. The summed E-state index contributed by atoms with van der Waals surface area (Å²) < 4.78 is 19.6. The van der Waals surface area contributed by atoms with Crippen LogP contribution in [0.1, 0.15) is 36.0 Å². The van der Waals surface area contributed by atoms with E-state index in [2.05, 4.69) is 25.9 Å². The summed E-state index contributed by atoms with van der Waals surface area (Å²) in [6.07, 6.45) is 5.37. The average Bonchev–Trinajstić information content (AvgIpc) is 2.73. The molecular formula is C20H28FN7O2. The molecule has 1 amide bonds. The van der Waals surface area contributed by atoms with Gasteiger partial charge in [0.05, 0.1) is 24.1 Å². The highest BCUT2D eigenvalue weighted by Crippen LogP contribution is 2.26. The number of nitrogens with two attached hydrogens (primary N) is 2. The predicted molar refractivity (Wildman–Crippen MR) is 114 cm³/mol. The number of anilines is 4. The number of pyridine rings is 2. The van der Waals surface area contributed by atoms with E-state index in [4.69, 9.17) is 16.2 Å². The van der Waals surface area contributed by atoms with E-state index >= 15 is 0 Å². The number of carbonyl (C=O) groups excluding carboxylic acids is 1. The molecule has 0 saturated heterocycles. The third-order valence-electron chi connectivity index (χ3n) is 5.02. The number of methoxy groups -OCH3 is 1.